The summed E-state index contributed by atoms with van der Waals surface area (Å²) in [6.45, 7) is 4.10. The Balaban J connectivity index is 1.77. The molecule has 0 aliphatic carbocycles. The molecule has 0 saturated carbocycles. The number of nitrogens with zero attached hydrogens (tertiary/aromatic N) is 4. The fraction of sp³-hybridized carbons (Fsp3) is 0.200. The summed E-state index contributed by atoms with van der Waals surface area (Å²) in [5.74, 6) is -0.331. The van der Waals surface area contributed by atoms with Crippen LogP contribution in [0.25, 0.3) is 0 Å². The Morgan fingerprint density at radius 2 is 2.08 bits per heavy atom. The molecule has 0 atom stereocenters. The number of nitrogens with one attached hydrogen (secondary N) is 1. The molecule has 2 aromatic heterocycles. The lowest BCUT2D eigenvalue weighted by molar-refractivity contribution is 0.102. The van der Waals surface area contributed by atoms with Crippen LogP contribution in [0.2, 0.25) is 10.0 Å². The third kappa shape index (κ3) is 3.58. The van der Waals surface area contributed by atoms with E-state index in [0.29, 0.717) is 27.4 Å². The Bertz CT molecular complexity index is 905. The van der Waals surface area contributed by atoms with Gasteiger partial charge < -0.3 is 0 Å². The van der Waals surface area contributed by atoms with Crippen molar-refractivity contribution in [2.24, 2.45) is 0 Å². The van der Waals surface area contributed by atoms with Gasteiger partial charge in [-0.2, -0.15) is 0 Å². The highest BCUT2D eigenvalue weighted by Crippen LogP contribution is 2.23. The lowest BCUT2D eigenvalue weighted by Gasteiger charge is -2.05. The SMILES string of the molecule is Cc1csc(NC(=O)c2nnn(Cc3ccc(Cl)c(Cl)c3)c2C)n1. The molecule has 0 spiro atoms. The maximum absolute atomic E-state index is 12.3. The molecule has 0 aliphatic heterocycles. The van der Waals surface area contributed by atoms with Gasteiger partial charge in [0.2, 0.25) is 0 Å². The zero-order valence-corrected chi connectivity index (χ0v) is 15.2. The monoisotopic (exact) mass is 381 g/mol. The maximum atomic E-state index is 12.3. The molecule has 0 bridgehead atoms. The number of hydrogen-bond donors (Lipinski definition) is 1. The Labute approximate surface area is 152 Å². The molecule has 1 N–H and O–H groups in total. The normalized spacial score (nSPS) is 10.8. The summed E-state index contributed by atoms with van der Waals surface area (Å²) in [5.41, 5.74) is 2.70. The molecular formula is C15H13Cl2N5OS. The summed E-state index contributed by atoms with van der Waals surface area (Å²) < 4.78 is 1.64. The topological polar surface area (TPSA) is 72.7 Å². The van der Waals surface area contributed by atoms with Crippen LogP contribution in [0.3, 0.4) is 0 Å². The highest BCUT2D eigenvalue weighted by Gasteiger charge is 2.18. The minimum atomic E-state index is -0.331. The number of carbonyl (C=O) groups is 1. The number of carbonyl (C=O) groups excluding carboxylic acids is 1. The zero-order valence-electron chi connectivity index (χ0n) is 12.9. The number of halogens is 2. The van der Waals surface area contributed by atoms with Crippen LogP contribution < -0.4 is 5.32 Å². The van der Waals surface area contributed by atoms with E-state index in [1.807, 2.05) is 18.4 Å². The summed E-state index contributed by atoms with van der Waals surface area (Å²) in [6.07, 6.45) is 0. The Morgan fingerprint density at radius 1 is 1.29 bits per heavy atom. The molecule has 1 aromatic carbocycles. The van der Waals surface area contributed by atoms with Crippen molar-refractivity contribution >= 4 is 45.6 Å². The van der Waals surface area contributed by atoms with Gasteiger partial charge in [0.05, 0.1) is 28.0 Å². The van der Waals surface area contributed by atoms with Gasteiger partial charge in [-0.05, 0) is 31.5 Å². The molecule has 0 radical (unpaired) electrons. The van der Waals surface area contributed by atoms with Gasteiger partial charge in [0.25, 0.3) is 5.91 Å². The van der Waals surface area contributed by atoms with Gasteiger partial charge in [-0.25, -0.2) is 9.67 Å². The van der Waals surface area contributed by atoms with E-state index in [9.17, 15) is 4.79 Å². The fourth-order valence-electron chi connectivity index (χ4n) is 2.10. The van der Waals surface area contributed by atoms with Gasteiger partial charge >= 0.3 is 0 Å². The van der Waals surface area contributed by atoms with Crippen molar-refractivity contribution < 1.29 is 4.79 Å². The second kappa shape index (κ2) is 6.88. The average molecular weight is 382 g/mol. The Kier molecular flexibility index (Phi) is 4.84. The summed E-state index contributed by atoms with van der Waals surface area (Å²) >= 11 is 13.3. The first-order valence-electron chi connectivity index (χ1n) is 7.01. The van der Waals surface area contributed by atoms with Crippen LogP contribution in [0.5, 0.6) is 0 Å². The summed E-state index contributed by atoms with van der Waals surface area (Å²) in [6, 6.07) is 5.35. The second-order valence-electron chi connectivity index (χ2n) is 5.18. The average Bonchev–Trinajstić information content (AvgIpc) is 3.10. The molecule has 2 heterocycles. The molecule has 0 fully saturated rings. The van der Waals surface area contributed by atoms with Crippen molar-refractivity contribution in [2.45, 2.75) is 20.4 Å². The largest absolute Gasteiger partial charge is 0.296 e. The lowest BCUT2D eigenvalue weighted by Crippen LogP contribution is -2.14. The van der Waals surface area contributed by atoms with Gasteiger partial charge in [-0.3, -0.25) is 10.1 Å². The lowest BCUT2D eigenvalue weighted by atomic mass is 10.2. The molecule has 1 amide bonds. The van der Waals surface area contributed by atoms with Crippen LogP contribution in [-0.2, 0) is 6.54 Å². The summed E-state index contributed by atoms with van der Waals surface area (Å²) in [5, 5.41) is 14.1. The van der Waals surface area contributed by atoms with Crippen LogP contribution in [0.4, 0.5) is 5.13 Å². The molecule has 6 nitrogen and oxygen atoms in total. The summed E-state index contributed by atoms with van der Waals surface area (Å²) in [4.78, 5) is 16.5. The number of thiazole rings is 1. The van der Waals surface area contributed by atoms with E-state index in [2.05, 4.69) is 20.6 Å². The molecular weight excluding hydrogens is 369 g/mol. The number of benzene rings is 1. The van der Waals surface area contributed by atoms with Gasteiger partial charge in [0.15, 0.2) is 10.8 Å². The van der Waals surface area contributed by atoms with E-state index < -0.39 is 0 Å². The standard InChI is InChI=1S/C15H13Cl2N5OS/c1-8-7-24-15(18-8)19-14(23)13-9(2)22(21-20-13)6-10-3-4-11(16)12(17)5-10/h3-5,7H,6H2,1-2H3,(H,18,19,23). The highest BCUT2D eigenvalue weighted by atomic mass is 35.5. The molecule has 3 rings (SSSR count). The van der Waals surface area contributed by atoms with Gasteiger partial charge in [-0.15, -0.1) is 16.4 Å². The highest BCUT2D eigenvalue weighted by molar-refractivity contribution is 7.13. The smallest absolute Gasteiger partial charge is 0.279 e. The zero-order chi connectivity index (χ0) is 17.3. The number of aryl methyl sites for hydroxylation is 1. The van der Waals surface area contributed by atoms with Crippen LogP contribution in [-0.4, -0.2) is 25.9 Å². The quantitative estimate of drug-likeness (QED) is 0.742. The van der Waals surface area contributed by atoms with Crippen molar-refractivity contribution in [1.82, 2.24) is 20.0 Å². The predicted molar refractivity (Wildman–Crippen MR) is 95.1 cm³/mol. The van der Waals surface area contributed by atoms with Crippen molar-refractivity contribution in [3.63, 3.8) is 0 Å². The molecule has 124 valence electrons. The van der Waals surface area contributed by atoms with Gasteiger partial charge in [-0.1, -0.05) is 34.5 Å². The first kappa shape index (κ1) is 16.9. The maximum Gasteiger partial charge on any atom is 0.279 e. The van der Waals surface area contributed by atoms with Crippen molar-refractivity contribution in [1.29, 1.82) is 0 Å². The van der Waals surface area contributed by atoms with Gasteiger partial charge in [0.1, 0.15) is 0 Å². The number of amides is 1. The van der Waals surface area contributed by atoms with Crippen LogP contribution >= 0.6 is 34.5 Å². The minimum Gasteiger partial charge on any atom is -0.296 e. The van der Waals surface area contributed by atoms with Crippen molar-refractivity contribution in [3.8, 4) is 0 Å². The van der Waals surface area contributed by atoms with E-state index in [4.69, 9.17) is 23.2 Å². The Hall–Kier alpha value is -1.96. The fourth-order valence-corrected chi connectivity index (χ4v) is 3.10. The van der Waals surface area contributed by atoms with E-state index in [0.717, 1.165) is 11.3 Å². The molecule has 24 heavy (non-hydrogen) atoms. The number of aromatic nitrogens is 4. The van der Waals surface area contributed by atoms with Gasteiger partial charge in [0, 0.05) is 5.38 Å². The second-order valence-corrected chi connectivity index (χ2v) is 6.85. The van der Waals surface area contributed by atoms with E-state index in [1.54, 1.807) is 23.7 Å². The predicted octanol–water partition coefficient (Wildman–Crippen LogP) is 3.96. The van der Waals surface area contributed by atoms with E-state index in [1.165, 1.54) is 11.3 Å². The van der Waals surface area contributed by atoms with E-state index >= 15 is 0 Å². The summed E-state index contributed by atoms with van der Waals surface area (Å²) in [7, 11) is 0. The molecule has 0 saturated heterocycles. The van der Waals surface area contributed by atoms with Crippen molar-refractivity contribution in [3.05, 3.63) is 56.3 Å². The molecule has 0 unspecified atom stereocenters. The first-order chi connectivity index (χ1) is 11.4. The van der Waals surface area contributed by atoms with Crippen LogP contribution in [0.1, 0.15) is 27.4 Å². The minimum absolute atomic E-state index is 0.267. The van der Waals surface area contributed by atoms with Crippen LogP contribution in [0, 0.1) is 13.8 Å². The molecule has 0 aliphatic rings. The number of rotatable bonds is 4. The number of hydrogen-bond acceptors (Lipinski definition) is 5. The third-order valence-electron chi connectivity index (χ3n) is 3.35. The van der Waals surface area contributed by atoms with Crippen LogP contribution in [0.15, 0.2) is 23.6 Å². The number of anilines is 1. The molecule has 3 aromatic rings. The molecule has 9 heteroatoms. The first-order valence-corrected chi connectivity index (χ1v) is 8.65. The third-order valence-corrected chi connectivity index (χ3v) is 4.97. The van der Waals surface area contributed by atoms with E-state index in [-0.39, 0.29) is 11.6 Å². The van der Waals surface area contributed by atoms with Crippen molar-refractivity contribution in [2.75, 3.05) is 5.32 Å². The Morgan fingerprint density at radius 3 is 2.75 bits per heavy atom.